The molecule has 4 rings (SSSR count). The number of benzene rings is 3. The van der Waals surface area contributed by atoms with Gasteiger partial charge in [-0.05, 0) is 42.8 Å². The van der Waals surface area contributed by atoms with Crippen LogP contribution in [0.25, 0.3) is 23.6 Å². The van der Waals surface area contributed by atoms with Crippen LogP contribution in [0.2, 0.25) is 0 Å². The van der Waals surface area contributed by atoms with E-state index < -0.39 is 10.0 Å². The highest BCUT2D eigenvalue weighted by Gasteiger charge is 2.19. The van der Waals surface area contributed by atoms with Gasteiger partial charge in [0.2, 0.25) is 11.8 Å². The van der Waals surface area contributed by atoms with Crippen LogP contribution in [0.15, 0.2) is 98.7 Å². The maximum Gasteiger partial charge on any atom is 0.261 e. The summed E-state index contributed by atoms with van der Waals surface area (Å²) in [6.07, 6.45) is 7.32. The van der Waals surface area contributed by atoms with E-state index in [9.17, 15) is 8.42 Å². The molecule has 6 nitrogen and oxygen atoms in total. The van der Waals surface area contributed by atoms with Crippen molar-refractivity contribution in [3.63, 3.8) is 0 Å². The average molecular weight is 522 g/mol. The van der Waals surface area contributed by atoms with E-state index >= 15 is 0 Å². The molecule has 0 aliphatic carbocycles. The van der Waals surface area contributed by atoms with Gasteiger partial charge in [0.05, 0.1) is 16.1 Å². The molecule has 0 radical (unpaired) electrons. The van der Waals surface area contributed by atoms with Crippen molar-refractivity contribution in [1.29, 1.82) is 0 Å². The van der Waals surface area contributed by atoms with Gasteiger partial charge >= 0.3 is 0 Å². The minimum Gasteiger partial charge on any atom is -0.417 e. The summed E-state index contributed by atoms with van der Waals surface area (Å²) < 4.78 is 34.9. The molecule has 1 heterocycles. The summed E-state index contributed by atoms with van der Waals surface area (Å²) >= 11 is 3.42. The number of rotatable bonds is 7. The molecule has 0 bridgehead atoms. The van der Waals surface area contributed by atoms with Crippen molar-refractivity contribution >= 4 is 43.8 Å². The zero-order valence-corrected chi connectivity index (χ0v) is 20.0. The molecule has 0 fully saturated rings. The van der Waals surface area contributed by atoms with Crippen LogP contribution in [-0.4, -0.2) is 18.6 Å². The summed E-state index contributed by atoms with van der Waals surface area (Å²) in [5.41, 5.74) is 2.85. The highest BCUT2D eigenvalue weighted by atomic mass is 79.9. The number of nitrogens with zero attached hydrogens (tertiary/aromatic N) is 2. The Morgan fingerprint density at radius 1 is 0.909 bits per heavy atom. The molecular formula is C25H20BrN3O3S. The molecule has 0 aliphatic rings. The second-order valence-electron chi connectivity index (χ2n) is 7.18. The summed E-state index contributed by atoms with van der Waals surface area (Å²) in [4.78, 5) is 0.168. The minimum absolute atomic E-state index is 0.168. The van der Waals surface area contributed by atoms with Gasteiger partial charge in [-0.2, -0.15) is 0 Å². The van der Waals surface area contributed by atoms with Gasteiger partial charge in [0.15, 0.2) is 0 Å². The summed E-state index contributed by atoms with van der Waals surface area (Å²) in [5, 5.41) is 8.13. The molecule has 1 aromatic heterocycles. The molecule has 0 aliphatic heterocycles. The van der Waals surface area contributed by atoms with Crippen molar-refractivity contribution in [3.8, 4) is 11.5 Å². The zero-order valence-electron chi connectivity index (χ0n) is 17.6. The molecule has 1 N–H and O–H groups in total. The van der Waals surface area contributed by atoms with Gasteiger partial charge < -0.3 is 4.42 Å². The number of anilines is 1. The first-order chi connectivity index (χ1) is 15.9. The molecule has 0 amide bonds. The molecule has 33 heavy (non-hydrogen) atoms. The van der Waals surface area contributed by atoms with E-state index in [0.717, 1.165) is 15.6 Å². The smallest absolute Gasteiger partial charge is 0.261 e. The van der Waals surface area contributed by atoms with Crippen molar-refractivity contribution in [1.82, 2.24) is 10.2 Å². The Kier molecular flexibility index (Phi) is 6.86. The third-order valence-corrected chi connectivity index (χ3v) is 6.54. The maximum absolute atomic E-state index is 12.9. The van der Waals surface area contributed by atoms with Crippen molar-refractivity contribution in [3.05, 3.63) is 106 Å². The monoisotopic (exact) mass is 521 g/mol. The standard InChI is InChI=1S/C25H20BrN3O3S/c1-18-11-14-21(15-12-18)33(30,31)29-23-16-13-20(26)17-22(23)25-28-27-24(32-25)10-6-5-9-19-7-3-2-4-8-19/h2-17,29H,1H3/b9-5+,10-6+. The average Bonchev–Trinajstić information content (AvgIpc) is 3.28. The molecule has 0 saturated heterocycles. The topological polar surface area (TPSA) is 85.1 Å². The number of allylic oxidation sites excluding steroid dienone is 2. The maximum atomic E-state index is 12.9. The van der Waals surface area contributed by atoms with Gasteiger partial charge in [0, 0.05) is 10.5 Å². The Morgan fingerprint density at radius 2 is 1.64 bits per heavy atom. The molecular weight excluding hydrogens is 502 g/mol. The normalized spacial score (nSPS) is 11.9. The fraction of sp³-hybridized carbons (Fsp3) is 0.0400. The van der Waals surface area contributed by atoms with Gasteiger partial charge in [0.1, 0.15) is 0 Å². The lowest BCUT2D eigenvalue weighted by Gasteiger charge is -2.11. The van der Waals surface area contributed by atoms with E-state index in [2.05, 4.69) is 30.8 Å². The Labute approximate surface area is 200 Å². The van der Waals surface area contributed by atoms with Crippen LogP contribution in [0.4, 0.5) is 5.69 Å². The lowest BCUT2D eigenvalue weighted by Crippen LogP contribution is -2.13. The quantitative estimate of drug-likeness (QED) is 0.287. The number of halogens is 1. The van der Waals surface area contributed by atoms with Gasteiger partial charge in [0.25, 0.3) is 10.0 Å². The summed E-state index contributed by atoms with van der Waals surface area (Å²) in [7, 11) is -3.79. The number of sulfonamides is 1. The Bertz CT molecular complexity index is 1410. The largest absolute Gasteiger partial charge is 0.417 e. The summed E-state index contributed by atoms with van der Waals surface area (Å²) in [6, 6.07) is 21.6. The van der Waals surface area contributed by atoms with Crippen molar-refractivity contribution < 1.29 is 12.8 Å². The van der Waals surface area contributed by atoms with E-state index in [4.69, 9.17) is 4.42 Å². The fourth-order valence-corrected chi connectivity index (χ4v) is 4.42. The van der Waals surface area contributed by atoms with Gasteiger partial charge in [-0.15, -0.1) is 10.2 Å². The van der Waals surface area contributed by atoms with Gasteiger partial charge in [-0.1, -0.05) is 82.2 Å². The van der Waals surface area contributed by atoms with Gasteiger partial charge in [-0.25, -0.2) is 8.42 Å². The van der Waals surface area contributed by atoms with Crippen LogP contribution in [0.1, 0.15) is 17.0 Å². The summed E-state index contributed by atoms with van der Waals surface area (Å²) in [5.74, 6) is 0.500. The molecule has 0 atom stereocenters. The van der Waals surface area contributed by atoms with Crippen LogP contribution in [0, 0.1) is 6.92 Å². The predicted molar refractivity (Wildman–Crippen MR) is 134 cm³/mol. The second kappa shape index (κ2) is 9.97. The first-order valence-electron chi connectivity index (χ1n) is 10.0. The second-order valence-corrected chi connectivity index (χ2v) is 9.78. The van der Waals surface area contributed by atoms with Crippen molar-refractivity contribution in [2.24, 2.45) is 0 Å². The lowest BCUT2D eigenvalue weighted by atomic mass is 10.2. The number of hydrogen-bond acceptors (Lipinski definition) is 5. The molecule has 8 heteroatoms. The zero-order chi connectivity index (χ0) is 23.3. The fourth-order valence-electron chi connectivity index (χ4n) is 2.98. The van der Waals surface area contributed by atoms with Crippen LogP contribution in [0.3, 0.4) is 0 Å². The van der Waals surface area contributed by atoms with Crippen LogP contribution >= 0.6 is 15.9 Å². The third kappa shape index (κ3) is 5.85. The first-order valence-corrected chi connectivity index (χ1v) is 12.3. The van der Waals surface area contributed by atoms with E-state index in [0.29, 0.717) is 17.1 Å². The van der Waals surface area contributed by atoms with Gasteiger partial charge in [-0.3, -0.25) is 4.72 Å². The van der Waals surface area contributed by atoms with Crippen LogP contribution in [0.5, 0.6) is 0 Å². The first kappa shape index (κ1) is 22.7. The third-order valence-electron chi connectivity index (χ3n) is 4.67. The molecule has 4 aromatic rings. The van der Waals surface area contributed by atoms with Crippen LogP contribution in [-0.2, 0) is 10.0 Å². The van der Waals surface area contributed by atoms with Crippen LogP contribution < -0.4 is 4.72 Å². The number of hydrogen-bond donors (Lipinski definition) is 1. The van der Waals surface area contributed by atoms with Crippen molar-refractivity contribution in [2.75, 3.05) is 4.72 Å². The predicted octanol–water partition coefficient (Wildman–Crippen LogP) is 6.33. The molecule has 3 aromatic carbocycles. The Hall–Kier alpha value is -3.49. The highest BCUT2D eigenvalue weighted by Crippen LogP contribution is 2.32. The SMILES string of the molecule is Cc1ccc(S(=O)(=O)Nc2ccc(Br)cc2-c2nnc(/C=C/C=C/c3ccccc3)o2)cc1. The van der Waals surface area contributed by atoms with E-state index in [1.54, 1.807) is 54.6 Å². The van der Waals surface area contributed by atoms with Crippen molar-refractivity contribution in [2.45, 2.75) is 11.8 Å². The molecule has 0 saturated carbocycles. The molecule has 0 spiro atoms. The Balaban J connectivity index is 1.57. The lowest BCUT2D eigenvalue weighted by molar-refractivity contribution is 0.558. The minimum atomic E-state index is -3.79. The van der Waals surface area contributed by atoms with E-state index in [1.807, 2.05) is 49.4 Å². The highest BCUT2D eigenvalue weighted by molar-refractivity contribution is 9.10. The molecule has 166 valence electrons. The molecule has 0 unspecified atom stereocenters. The summed E-state index contributed by atoms with van der Waals surface area (Å²) in [6.45, 7) is 1.90. The van der Waals surface area contributed by atoms with E-state index in [-0.39, 0.29) is 10.8 Å². The van der Waals surface area contributed by atoms with E-state index in [1.165, 1.54) is 0 Å². The number of aryl methyl sites for hydroxylation is 1. The number of aromatic nitrogens is 2. The Morgan fingerprint density at radius 3 is 2.39 bits per heavy atom. The number of nitrogens with one attached hydrogen (secondary N) is 1.